The molecule has 0 aromatic heterocycles. The third-order valence-electron chi connectivity index (χ3n) is 4.20. The molecular formula is C14H18N2O. The van der Waals surface area contributed by atoms with E-state index in [0.29, 0.717) is 0 Å². The zero-order valence-electron chi connectivity index (χ0n) is 10.2. The Balaban J connectivity index is 1.93. The number of likely N-dealkylation sites (tertiary alicyclic amines) is 1. The average Bonchev–Trinajstić information content (AvgIpc) is 2.65. The van der Waals surface area contributed by atoms with Crippen LogP contribution in [-0.4, -0.2) is 30.4 Å². The van der Waals surface area contributed by atoms with Gasteiger partial charge in [0.05, 0.1) is 5.54 Å². The van der Waals surface area contributed by atoms with Crippen LogP contribution in [0.1, 0.15) is 35.7 Å². The van der Waals surface area contributed by atoms with E-state index >= 15 is 0 Å². The van der Waals surface area contributed by atoms with Gasteiger partial charge >= 0.3 is 0 Å². The molecule has 1 aromatic carbocycles. The molecule has 2 aliphatic heterocycles. The summed E-state index contributed by atoms with van der Waals surface area (Å²) in [7, 11) is 0. The van der Waals surface area contributed by atoms with Gasteiger partial charge in [0.2, 0.25) is 0 Å². The SMILES string of the molecule is CCN1CCC2(CC1)NC(=O)c1ccccc12. The highest BCUT2D eigenvalue weighted by atomic mass is 16.2. The van der Waals surface area contributed by atoms with Crippen molar-refractivity contribution in [2.45, 2.75) is 25.3 Å². The molecule has 1 amide bonds. The third-order valence-corrected chi connectivity index (χ3v) is 4.20. The lowest BCUT2D eigenvalue weighted by Crippen LogP contribution is -2.49. The van der Waals surface area contributed by atoms with Crippen LogP contribution in [0, 0.1) is 0 Å². The van der Waals surface area contributed by atoms with E-state index in [1.165, 1.54) is 5.56 Å². The number of carbonyl (C=O) groups is 1. The average molecular weight is 230 g/mol. The summed E-state index contributed by atoms with van der Waals surface area (Å²) in [5, 5.41) is 3.21. The molecule has 0 unspecified atom stereocenters. The largest absolute Gasteiger partial charge is 0.342 e. The zero-order valence-corrected chi connectivity index (χ0v) is 10.2. The van der Waals surface area contributed by atoms with Crippen molar-refractivity contribution in [2.75, 3.05) is 19.6 Å². The van der Waals surface area contributed by atoms with Crippen LogP contribution >= 0.6 is 0 Å². The van der Waals surface area contributed by atoms with Gasteiger partial charge in [-0.25, -0.2) is 0 Å². The number of rotatable bonds is 1. The van der Waals surface area contributed by atoms with Gasteiger partial charge in [0.1, 0.15) is 0 Å². The van der Waals surface area contributed by atoms with Gasteiger partial charge in [-0.05, 0) is 31.0 Å². The second-order valence-electron chi connectivity index (χ2n) is 5.02. The fourth-order valence-electron chi connectivity index (χ4n) is 3.10. The molecule has 0 radical (unpaired) electrons. The van der Waals surface area contributed by atoms with E-state index in [4.69, 9.17) is 0 Å². The first kappa shape index (κ1) is 10.8. The van der Waals surface area contributed by atoms with Gasteiger partial charge in [-0.3, -0.25) is 4.79 Å². The van der Waals surface area contributed by atoms with Gasteiger partial charge in [-0.15, -0.1) is 0 Å². The summed E-state index contributed by atoms with van der Waals surface area (Å²) in [6, 6.07) is 8.02. The normalized spacial score (nSPS) is 22.5. The van der Waals surface area contributed by atoms with Gasteiger partial charge in [-0.1, -0.05) is 25.1 Å². The Hall–Kier alpha value is -1.35. The van der Waals surface area contributed by atoms with E-state index in [1.54, 1.807) is 0 Å². The predicted molar refractivity (Wildman–Crippen MR) is 66.9 cm³/mol. The quantitative estimate of drug-likeness (QED) is 0.797. The van der Waals surface area contributed by atoms with E-state index in [1.807, 2.05) is 18.2 Å². The fraction of sp³-hybridized carbons (Fsp3) is 0.500. The van der Waals surface area contributed by atoms with Crippen LogP contribution in [0.4, 0.5) is 0 Å². The first-order chi connectivity index (χ1) is 8.25. The number of hydrogen-bond acceptors (Lipinski definition) is 2. The predicted octanol–water partition coefficient (Wildman–Crippen LogP) is 1.74. The number of nitrogens with zero attached hydrogens (tertiary/aromatic N) is 1. The van der Waals surface area contributed by atoms with Crippen LogP contribution in [-0.2, 0) is 5.54 Å². The zero-order chi connectivity index (χ0) is 11.9. The van der Waals surface area contributed by atoms with Gasteiger partial charge in [0.15, 0.2) is 0 Å². The molecule has 0 saturated carbocycles. The summed E-state index contributed by atoms with van der Waals surface area (Å²) < 4.78 is 0. The molecule has 3 rings (SSSR count). The number of nitrogens with one attached hydrogen (secondary N) is 1. The van der Waals surface area contributed by atoms with Crippen molar-refractivity contribution in [2.24, 2.45) is 0 Å². The van der Waals surface area contributed by atoms with Crippen molar-refractivity contribution in [1.29, 1.82) is 0 Å². The molecule has 3 heteroatoms. The van der Waals surface area contributed by atoms with Crippen LogP contribution in [0.2, 0.25) is 0 Å². The first-order valence-corrected chi connectivity index (χ1v) is 6.39. The van der Waals surface area contributed by atoms with Crippen molar-refractivity contribution < 1.29 is 4.79 Å². The lowest BCUT2D eigenvalue weighted by molar-refractivity contribution is 0.0868. The molecule has 0 bridgehead atoms. The summed E-state index contributed by atoms with van der Waals surface area (Å²) in [5.74, 6) is 0.102. The van der Waals surface area contributed by atoms with Crippen molar-refractivity contribution in [1.82, 2.24) is 10.2 Å². The molecule has 3 nitrogen and oxygen atoms in total. The van der Waals surface area contributed by atoms with E-state index in [9.17, 15) is 4.79 Å². The number of hydrogen-bond donors (Lipinski definition) is 1. The Bertz CT molecular complexity index is 447. The minimum absolute atomic E-state index is 0.0840. The van der Waals surface area contributed by atoms with Crippen LogP contribution in [0.25, 0.3) is 0 Å². The van der Waals surface area contributed by atoms with Crippen molar-refractivity contribution in [3.8, 4) is 0 Å². The number of fused-ring (bicyclic) bond motifs is 2. The summed E-state index contributed by atoms with van der Waals surface area (Å²) in [6.45, 7) is 5.45. The van der Waals surface area contributed by atoms with Crippen LogP contribution in [0.3, 0.4) is 0 Å². The van der Waals surface area contributed by atoms with E-state index in [2.05, 4.69) is 23.2 Å². The fourth-order valence-corrected chi connectivity index (χ4v) is 3.10. The monoisotopic (exact) mass is 230 g/mol. The molecule has 1 N–H and O–H groups in total. The molecule has 0 atom stereocenters. The topological polar surface area (TPSA) is 32.3 Å². The van der Waals surface area contributed by atoms with Gasteiger partial charge < -0.3 is 10.2 Å². The number of benzene rings is 1. The Kier molecular flexibility index (Phi) is 2.44. The number of piperidine rings is 1. The molecule has 2 heterocycles. The second kappa shape index (κ2) is 3.84. The van der Waals surface area contributed by atoms with Gasteiger partial charge in [-0.2, -0.15) is 0 Å². The standard InChI is InChI=1S/C14H18N2O/c1-2-16-9-7-14(8-10-16)12-6-4-3-5-11(12)13(17)15-14/h3-6H,2,7-10H2,1H3,(H,15,17). The van der Waals surface area contributed by atoms with E-state index in [0.717, 1.165) is 38.0 Å². The first-order valence-electron chi connectivity index (χ1n) is 6.39. The Morgan fingerprint density at radius 3 is 2.71 bits per heavy atom. The summed E-state index contributed by atoms with van der Waals surface area (Å²) in [5.41, 5.74) is 2.00. The van der Waals surface area contributed by atoms with Crippen LogP contribution in [0.15, 0.2) is 24.3 Å². The molecule has 1 saturated heterocycles. The summed E-state index contributed by atoms with van der Waals surface area (Å²) in [4.78, 5) is 14.4. The van der Waals surface area contributed by atoms with Gasteiger partial charge in [0.25, 0.3) is 5.91 Å². The summed E-state index contributed by atoms with van der Waals surface area (Å²) >= 11 is 0. The maximum absolute atomic E-state index is 12.0. The molecule has 1 aromatic rings. The highest BCUT2D eigenvalue weighted by Gasteiger charge is 2.44. The molecule has 90 valence electrons. The Morgan fingerprint density at radius 2 is 2.00 bits per heavy atom. The Morgan fingerprint density at radius 1 is 1.29 bits per heavy atom. The Labute approximate surface area is 102 Å². The van der Waals surface area contributed by atoms with Gasteiger partial charge in [0, 0.05) is 18.7 Å². The molecule has 0 aliphatic carbocycles. The summed E-state index contributed by atoms with van der Waals surface area (Å²) in [6.07, 6.45) is 2.06. The molecule has 1 fully saturated rings. The minimum atomic E-state index is -0.0840. The number of amides is 1. The molecule has 17 heavy (non-hydrogen) atoms. The third kappa shape index (κ3) is 1.57. The lowest BCUT2D eigenvalue weighted by Gasteiger charge is -2.39. The van der Waals surface area contributed by atoms with Crippen LogP contribution < -0.4 is 5.32 Å². The minimum Gasteiger partial charge on any atom is -0.342 e. The smallest absolute Gasteiger partial charge is 0.252 e. The molecule has 1 spiro atoms. The van der Waals surface area contributed by atoms with E-state index < -0.39 is 0 Å². The highest BCUT2D eigenvalue weighted by molar-refractivity contribution is 6.00. The number of carbonyl (C=O) groups excluding carboxylic acids is 1. The highest BCUT2D eigenvalue weighted by Crippen LogP contribution is 2.39. The van der Waals surface area contributed by atoms with Crippen molar-refractivity contribution in [3.05, 3.63) is 35.4 Å². The van der Waals surface area contributed by atoms with E-state index in [-0.39, 0.29) is 11.4 Å². The molecule has 2 aliphatic rings. The molecular weight excluding hydrogens is 212 g/mol. The van der Waals surface area contributed by atoms with Crippen LogP contribution in [0.5, 0.6) is 0 Å². The lowest BCUT2D eigenvalue weighted by atomic mass is 9.82. The van der Waals surface area contributed by atoms with Crippen molar-refractivity contribution in [3.63, 3.8) is 0 Å². The van der Waals surface area contributed by atoms with Crippen molar-refractivity contribution >= 4 is 5.91 Å². The maximum Gasteiger partial charge on any atom is 0.252 e. The maximum atomic E-state index is 12.0. The second-order valence-corrected chi connectivity index (χ2v) is 5.02.